The van der Waals surface area contributed by atoms with Crippen molar-refractivity contribution in [3.8, 4) is 5.75 Å². The zero-order chi connectivity index (χ0) is 11.5. The predicted molar refractivity (Wildman–Crippen MR) is 56.6 cm³/mol. The van der Waals surface area contributed by atoms with Crippen LogP contribution >= 0.6 is 0 Å². The zero-order valence-corrected chi connectivity index (χ0v) is 9.54. The molecule has 0 heterocycles. The molecule has 0 aliphatic heterocycles. The van der Waals surface area contributed by atoms with Gasteiger partial charge in [-0.3, -0.25) is 0 Å². The molecule has 0 spiro atoms. The van der Waals surface area contributed by atoms with Crippen LogP contribution in [0.25, 0.3) is 0 Å². The Labute approximate surface area is 89.4 Å². The van der Waals surface area contributed by atoms with Gasteiger partial charge in [-0.2, -0.15) is 0 Å². The summed E-state index contributed by atoms with van der Waals surface area (Å²) < 4.78 is 28.3. The maximum Gasteiger partial charge on any atom is 0.181 e. The summed E-state index contributed by atoms with van der Waals surface area (Å²) in [6, 6.07) is 4.62. The molecule has 0 saturated heterocycles. The second-order valence-corrected chi connectivity index (χ2v) is 5.29. The number of methoxy groups -OCH3 is 1. The van der Waals surface area contributed by atoms with Gasteiger partial charge in [-0.1, -0.05) is 13.0 Å². The minimum absolute atomic E-state index is 0.0121. The monoisotopic (exact) mass is 230 g/mol. The molecule has 0 unspecified atom stereocenters. The van der Waals surface area contributed by atoms with Gasteiger partial charge in [-0.15, -0.1) is 0 Å². The maximum absolute atomic E-state index is 11.7. The number of rotatable bonds is 4. The molecule has 0 bridgehead atoms. The molecule has 0 aliphatic carbocycles. The van der Waals surface area contributed by atoms with Crippen molar-refractivity contribution < 1.29 is 18.3 Å². The Hall–Kier alpha value is -1.07. The van der Waals surface area contributed by atoms with E-state index < -0.39 is 9.84 Å². The van der Waals surface area contributed by atoms with Crippen LogP contribution in [0.3, 0.4) is 0 Å². The highest BCUT2D eigenvalue weighted by Gasteiger charge is 2.17. The molecule has 0 aliphatic rings. The first-order valence-corrected chi connectivity index (χ1v) is 6.21. The third-order valence-electron chi connectivity index (χ3n) is 2.13. The Morgan fingerprint density at radius 3 is 2.53 bits per heavy atom. The van der Waals surface area contributed by atoms with Crippen LogP contribution in [0.5, 0.6) is 5.75 Å². The van der Waals surface area contributed by atoms with Crippen LogP contribution in [-0.4, -0.2) is 26.4 Å². The number of sulfone groups is 1. The lowest BCUT2D eigenvalue weighted by atomic mass is 10.2. The molecule has 0 atom stereocenters. The number of aliphatic hydroxyl groups is 1. The van der Waals surface area contributed by atoms with Crippen molar-refractivity contribution in [2.24, 2.45) is 0 Å². The van der Waals surface area contributed by atoms with E-state index in [1.54, 1.807) is 19.1 Å². The van der Waals surface area contributed by atoms with Gasteiger partial charge in [0.25, 0.3) is 0 Å². The first-order valence-electron chi connectivity index (χ1n) is 4.55. The molecule has 0 saturated carbocycles. The first kappa shape index (κ1) is 12.0. The predicted octanol–water partition coefficient (Wildman–Crippen LogP) is 0.981. The average molecular weight is 230 g/mol. The highest BCUT2D eigenvalue weighted by molar-refractivity contribution is 7.91. The summed E-state index contributed by atoms with van der Waals surface area (Å²) in [6.07, 6.45) is 0. The van der Waals surface area contributed by atoms with Gasteiger partial charge in [0.1, 0.15) is 10.6 Å². The van der Waals surface area contributed by atoms with E-state index in [0.717, 1.165) is 0 Å². The Balaban J connectivity index is 3.36. The van der Waals surface area contributed by atoms with Gasteiger partial charge >= 0.3 is 0 Å². The zero-order valence-electron chi connectivity index (χ0n) is 8.73. The number of hydrogen-bond donors (Lipinski definition) is 1. The number of benzene rings is 1. The summed E-state index contributed by atoms with van der Waals surface area (Å²) >= 11 is 0. The summed E-state index contributed by atoms with van der Waals surface area (Å²) in [5, 5.41) is 8.93. The van der Waals surface area contributed by atoms with Crippen molar-refractivity contribution in [3.05, 3.63) is 23.8 Å². The van der Waals surface area contributed by atoms with E-state index in [1.165, 1.54) is 13.2 Å². The molecular formula is C10H14O4S. The molecule has 4 nitrogen and oxygen atoms in total. The quantitative estimate of drug-likeness (QED) is 0.837. The lowest BCUT2D eigenvalue weighted by Crippen LogP contribution is -2.06. The highest BCUT2D eigenvalue weighted by Crippen LogP contribution is 2.25. The largest absolute Gasteiger partial charge is 0.495 e. The van der Waals surface area contributed by atoms with E-state index in [4.69, 9.17) is 9.84 Å². The fraction of sp³-hybridized carbons (Fsp3) is 0.400. The van der Waals surface area contributed by atoms with Crippen molar-refractivity contribution in [1.29, 1.82) is 0 Å². The SMILES string of the molecule is CCS(=O)(=O)c1cc(CO)ccc1OC. The van der Waals surface area contributed by atoms with E-state index in [-0.39, 0.29) is 17.3 Å². The van der Waals surface area contributed by atoms with Crippen LogP contribution < -0.4 is 4.74 Å². The molecule has 1 aromatic carbocycles. The second kappa shape index (κ2) is 4.63. The lowest BCUT2D eigenvalue weighted by molar-refractivity contribution is 0.281. The summed E-state index contributed by atoms with van der Waals surface area (Å²) in [5.41, 5.74) is 0.558. The van der Waals surface area contributed by atoms with Gasteiger partial charge in [0.15, 0.2) is 9.84 Å². The molecule has 0 aromatic heterocycles. The van der Waals surface area contributed by atoms with Gasteiger partial charge in [0.05, 0.1) is 19.5 Å². The third kappa shape index (κ3) is 2.49. The average Bonchev–Trinajstić information content (AvgIpc) is 2.28. The number of hydrogen-bond acceptors (Lipinski definition) is 4. The van der Waals surface area contributed by atoms with Gasteiger partial charge in [-0.25, -0.2) is 8.42 Å². The molecule has 0 fully saturated rings. The summed E-state index contributed by atoms with van der Waals surface area (Å²) in [6.45, 7) is 1.39. The molecule has 0 radical (unpaired) electrons. The summed E-state index contributed by atoms with van der Waals surface area (Å²) in [4.78, 5) is 0.138. The fourth-order valence-electron chi connectivity index (χ4n) is 1.22. The maximum atomic E-state index is 11.7. The second-order valence-electron chi connectivity index (χ2n) is 3.05. The molecule has 5 heteroatoms. The van der Waals surface area contributed by atoms with E-state index in [0.29, 0.717) is 11.3 Å². The van der Waals surface area contributed by atoms with Crippen LogP contribution in [-0.2, 0) is 16.4 Å². The molecular weight excluding hydrogens is 216 g/mol. The van der Waals surface area contributed by atoms with Crippen LogP contribution in [0.4, 0.5) is 0 Å². The van der Waals surface area contributed by atoms with Crippen LogP contribution in [0.1, 0.15) is 12.5 Å². The number of aliphatic hydroxyl groups excluding tert-OH is 1. The standard InChI is InChI=1S/C10H14O4S/c1-3-15(12,13)10-6-8(7-11)4-5-9(10)14-2/h4-6,11H,3,7H2,1-2H3. The fourth-order valence-corrected chi connectivity index (χ4v) is 2.32. The van der Waals surface area contributed by atoms with Crippen molar-refractivity contribution >= 4 is 9.84 Å². The van der Waals surface area contributed by atoms with Crippen LogP contribution in [0, 0.1) is 0 Å². The van der Waals surface area contributed by atoms with E-state index in [9.17, 15) is 8.42 Å². The topological polar surface area (TPSA) is 63.6 Å². The summed E-state index contributed by atoms with van der Waals surface area (Å²) in [5.74, 6) is 0.326. The minimum atomic E-state index is -3.31. The van der Waals surface area contributed by atoms with Gasteiger partial charge in [-0.05, 0) is 17.7 Å². The third-order valence-corrected chi connectivity index (χ3v) is 3.87. The Morgan fingerprint density at radius 1 is 1.40 bits per heavy atom. The van der Waals surface area contributed by atoms with E-state index in [2.05, 4.69) is 0 Å². The molecule has 15 heavy (non-hydrogen) atoms. The van der Waals surface area contributed by atoms with Crippen molar-refractivity contribution in [2.45, 2.75) is 18.4 Å². The smallest absolute Gasteiger partial charge is 0.181 e. The highest BCUT2D eigenvalue weighted by atomic mass is 32.2. The first-order chi connectivity index (χ1) is 7.05. The van der Waals surface area contributed by atoms with Crippen molar-refractivity contribution in [1.82, 2.24) is 0 Å². The Bertz CT molecular complexity index is 437. The molecule has 84 valence electrons. The van der Waals surface area contributed by atoms with Gasteiger partial charge in [0, 0.05) is 0 Å². The molecule has 1 rings (SSSR count). The van der Waals surface area contributed by atoms with Crippen LogP contribution in [0.2, 0.25) is 0 Å². The lowest BCUT2D eigenvalue weighted by Gasteiger charge is -2.09. The van der Waals surface area contributed by atoms with Crippen molar-refractivity contribution in [2.75, 3.05) is 12.9 Å². The van der Waals surface area contributed by atoms with E-state index >= 15 is 0 Å². The number of ether oxygens (including phenoxy) is 1. The molecule has 1 N–H and O–H groups in total. The normalized spacial score (nSPS) is 11.4. The van der Waals surface area contributed by atoms with E-state index in [1.807, 2.05) is 0 Å². The Kier molecular flexibility index (Phi) is 3.71. The molecule has 0 amide bonds. The summed E-state index contributed by atoms with van der Waals surface area (Å²) in [7, 11) is -1.89. The molecule has 1 aromatic rings. The van der Waals surface area contributed by atoms with Gasteiger partial charge < -0.3 is 9.84 Å². The minimum Gasteiger partial charge on any atom is -0.495 e. The van der Waals surface area contributed by atoms with Gasteiger partial charge in [0.2, 0.25) is 0 Å². The van der Waals surface area contributed by atoms with Crippen molar-refractivity contribution in [3.63, 3.8) is 0 Å². The van der Waals surface area contributed by atoms with Crippen LogP contribution in [0.15, 0.2) is 23.1 Å². The Morgan fingerprint density at radius 2 is 2.07 bits per heavy atom.